The highest BCUT2D eigenvalue weighted by Gasteiger charge is 2.52. The second-order valence-corrected chi connectivity index (χ2v) is 5.02. The predicted molar refractivity (Wildman–Crippen MR) is 60.8 cm³/mol. The monoisotopic (exact) mass is 238 g/mol. The van der Waals surface area contributed by atoms with Gasteiger partial charge in [-0.3, -0.25) is 4.79 Å². The molecule has 4 heteroatoms. The number of phenolic OH excluding ortho intramolecular Hbond substituents is 1. The standard InChI is InChI=1S/C13H15FO3/c1-12(14)6-7-13(8-12,11(16)17)9-2-4-10(15)5-3-9/h2-5,15H,6-8H2,1H3,(H,16,17). The summed E-state index contributed by atoms with van der Waals surface area (Å²) in [4.78, 5) is 11.5. The smallest absolute Gasteiger partial charge is 0.314 e. The summed E-state index contributed by atoms with van der Waals surface area (Å²) in [5.41, 5.74) is -2.03. The molecule has 0 spiro atoms. The maximum atomic E-state index is 13.9. The summed E-state index contributed by atoms with van der Waals surface area (Å²) in [6.07, 6.45) is 0.528. The Morgan fingerprint density at radius 2 is 1.88 bits per heavy atom. The van der Waals surface area contributed by atoms with Gasteiger partial charge in [-0.25, -0.2) is 4.39 Å². The average Bonchev–Trinajstić information content (AvgIpc) is 2.57. The molecule has 1 aromatic rings. The summed E-state index contributed by atoms with van der Waals surface area (Å²) < 4.78 is 13.9. The molecule has 1 aliphatic rings. The SMILES string of the molecule is CC1(F)CCC(C(=O)O)(c2ccc(O)cc2)C1. The number of halogens is 1. The molecular formula is C13H15FO3. The second kappa shape index (κ2) is 3.72. The Bertz CT molecular complexity index is 438. The summed E-state index contributed by atoms with van der Waals surface area (Å²) >= 11 is 0. The Morgan fingerprint density at radius 1 is 1.29 bits per heavy atom. The summed E-state index contributed by atoms with van der Waals surface area (Å²) in [5, 5.41) is 18.6. The summed E-state index contributed by atoms with van der Waals surface area (Å²) in [7, 11) is 0. The van der Waals surface area contributed by atoms with Crippen LogP contribution in [0.2, 0.25) is 0 Å². The highest BCUT2D eigenvalue weighted by Crippen LogP contribution is 2.48. The van der Waals surface area contributed by atoms with Crippen LogP contribution in [0.3, 0.4) is 0 Å². The van der Waals surface area contributed by atoms with Gasteiger partial charge in [0.05, 0.1) is 5.41 Å². The zero-order valence-corrected chi connectivity index (χ0v) is 9.61. The van der Waals surface area contributed by atoms with Crippen LogP contribution < -0.4 is 0 Å². The fourth-order valence-corrected chi connectivity index (χ4v) is 2.61. The van der Waals surface area contributed by atoms with Gasteiger partial charge in [-0.15, -0.1) is 0 Å². The number of hydrogen-bond acceptors (Lipinski definition) is 2. The van der Waals surface area contributed by atoms with Crippen molar-refractivity contribution >= 4 is 5.97 Å². The minimum absolute atomic E-state index is 0.0138. The number of rotatable bonds is 2. The average molecular weight is 238 g/mol. The molecule has 2 rings (SSSR count). The van der Waals surface area contributed by atoms with Gasteiger partial charge in [0, 0.05) is 6.42 Å². The number of carbonyl (C=O) groups is 1. The van der Waals surface area contributed by atoms with Crippen molar-refractivity contribution in [2.45, 2.75) is 37.3 Å². The van der Waals surface area contributed by atoms with Crippen molar-refractivity contribution in [2.75, 3.05) is 0 Å². The fourth-order valence-electron chi connectivity index (χ4n) is 2.61. The lowest BCUT2D eigenvalue weighted by molar-refractivity contribution is -0.144. The lowest BCUT2D eigenvalue weighted by Gasteiger charge is -2.25. The third-order valence-corrected chi connectivity index (χ3v) is 3.57. The van der Waals surface area contributed by atoms with Crippen LogP contribution in [-0.2, 0) is 10.2 Å². The van der Waals surface area contributed by atoms with Gasteiger partial charge in [-0.2, -0.15) is 0 Å². The molecule has 0 saturated heterocycles. The molecule has 92 valence electrons. The predicted octanol–water partition coefficient (Wildman–Crippen LogP) is 2.63. The molecule has 1 fully saturated rings. The molecule has 2 N–H and O–H groups in total. The molecule has 0 aromatic heterocycles. The van der Waals surface area contributed by atoms with Gasteiger partial charge < -0.3 is 10.2 Å². The lowest BCUT2D eigenvalue weighted by Crippen LogP contribution is -2.34. The molecule has 2 atom stereocenters. The molecule has 0 heterocycles. The van der Waals surface area contributed by atoms with Gasteiger partial charge in [0.25, 0.3) is 0 Å². The third kappa shape index (κ3) is 1.99. The lowest BCUT2D eigenvalue weighted by atomic mass is 9.78. The van der Waals surface area contributed by atoms with E-state index in [1.807, 2.05) is 0 Å². The topological polar surface area (TPSA) is 57.5 Å². The number of aliphatic carboxylic acids is 1. The number of phenols is 1. The molecule has 0 amide bonds. The van der Waals surface area contributed by atoms with Gasteiger partial charge in [0.15, 0.2) is 0 Å². The van der Waals surface area contributed by atoms with Crippen LogP contribution in [0.15, 0.2) is 24.3 Å². The third-order valence-electron chi connectivity index (χ3n) is 3.57. The number of carboxylic acids is 1. The van der Waals surface area contributed by atoms with E-state index in [9.17, 15) is 19.4 Å². The van der Waals surface area contributed by atoms with Crippen LogP contribution >= 0.6 is 0 Å². The van der Waals surface area contributed by atoms with Gasteiger partial charge in [0.2, 0.25) is 0 Å². The zero-order chi connectivity index (χ0) is 12.7. The number of alkyl halides is 1. The number of benzene rings is 1. The van der Waals surface area contributed by atoms with Crippen molar-refractivity contribution in [2.24, 2.45) is 0 Å². The summed E-state index contributed by atoms with van der Waals surface area (Å²) in [6, 6.07) is 6.00. The van der Waals surface area contributed by atoms with Crippen LogP contribution in [0.25, 0.3) is 0 Å². The van der Waals surface area contributed by atoms with E-state index >= 15 is 0 Å². The molecule has 0 bridgehead atoms. The molecule has 2 unspecified atom stereocenters. The molecule has 0 radical (unpaired) electrons. The van der Waals surface area contributed by atoms with Crippen LogP contribution in [0, 0.1) is 0 Å². The first-order valence-corrected chi connectivity index (χ1v) is 5.58. The van der Waals surface area contributed by atoms with Gasteiger partial charge in [0.1, 0.15) is 11.4 Å². The van der Waals surface area contributed by atoms with Crippen LogP contribution in [-0.4, -0.2) is 21.9 Å². The Labute approximate surface area is 98.9 Å². The van der Waals surface area contributed by atoms with Crippen LogP contribution in [0.4, 0.5) is 4.39 Å². The highest BCUT2D eigenvalue weighted by atomic mass is 19.1. The fraction of sp³-hybridized carbons (Fsp3) is 0.462. The van der Waals surface area contributed by atoms with E-state index in [1.165, 1.54) is 19.1 Å². The quantitative estimate of drug-likeness (QED) is 0.832. The van der Waals surface area contributed by atoms with E-state index in [0.717, 1.165) is 0 Å². The van der Waals surface area contributed by atoms with Gasteiger partial charge in [-0.05, 0) is 37.5 Å². The Hall–Kier alpha value is -1.58. The van der Waals surface area contributed by atoms with Crippen molar-refractivity contribution in [1.29, 1.82) is 0 Å². The van der Waals surface area contributed by atoms with Crippen molar-refractivity contribution < 1.29 is 19.4 Å². The summed E-state index contributed by atoms with van der Waals surface area (Å²) in [5.74, 6) is -0.917. The van der Waals surface area contributed by atoms with E-state index in [-0.39, 0.29) is 18.6 Å². The summed E-state index contributed by atoms with van der Waals surface area (Å²) in [6.45, 7) is 1.44. The van der Waals surface area contributed by atoms with E-state index in [2.05, 4.69) is 0 Å². The molecule has 17 heavy (non-hydrogen) atoms. The second-order valence-electron chi connectivity index (χ2n) is 5.02. The Balaban J connectivity index is 2.43. The molecule has 1 aromatic carbocycles. The normalized spacial score (nSPS) is 32.6. The van der Waals surface area contributed by atoms with E-state index in [0.29, 0.717) is 12.0 Å². The minimum atomic E-state index is -1.43. The largest absolute Gasteiger partial charge is 0.508 e. The van der Waals surface area contributed by atoms with Crippen LogP contribution in [0.1, 0.15) is 31.7 Å². The van der Waals surface area contributed by atoms with Crippen molar-refractivity contribution in [3.63, 3.8) is 0 Å². The first-order chi connectivity index (χ1) is 7.86. The molecule has 0 aliphatic heterocycles. The number of aromatic hydroxyl groups is 1. The van der Waals surface area contributed by atoms with Gasteiger partial charge in [-0.1, -0.05) is 12.1 Å². The first-order valence-electron chi connectivity index (χ1n) is 5.58. The van der Waals surface area contributed by atoms with E-state index in [4.69, 9.17) is 0 Å². The molecule has 3 nitrogen and oxygen atoms in total. The number of hydrogen-bond donors (Lipinski definition) is 2. The molecule has 1 saturated carbocycles. The Morgan fingerprint density at radius 3 is 2.29 bits per heavy atom. The zero-order valence-electron chi connectivity index (χ0n) is 9.61. The highest BCUT2D eigenvalue weighted by molar-refractivity contribution is 5.82. The minimum Gasteiger partial charge on any atom is -0.508 e. The van der Waals surface area contributed by atoms with Crippen molar-refractivity contribution in [3.8, 4) is 5.75 Å². The Kier molecular flexibility index (Phi) is 2.60. The van der Waals surface area contributed by atoms with Gasteiger partial charge >= 0.3 is 5.97 Å². The maximum absolute atomic E-state index is 13.9. The van der Waals surface area contributed by atoms with Crippen molar-refractivity contribution in [1.82, 2.24) is 0 Å². The molecule has 1 aliphatic carbocycles. The van der Waals surface area contributed by atoms with E-state index in [1.54, 1.807) is 12.1 Å². The maximum Gasteiger partial charge on any atom is 0.314 e. The van der Waals surface area contributed by atoms with Crippen molar-refractivity contribution in [3.05, 3.63) is 29.8 Å². The number of carboxylic acid groups (broad SMARTS) is 1. The molecular weight excluding hydrogens is 223 g/mol. The first kappa shape index (κ1) is 11.9. The van der Waals surface area contributed by atoms with Crippen LogP contribution in [0.5, 0.6) is 5.75 Å². The van der Waals surface area contributed by atoms with E-state index < -0.39 is 17.1 Å².